The van der Waals surface area contributed by atoms with Gasteiger partial charge in [0, 0.05) is 7.11 Å². The van der Waals surface area contributed by atoms with Crippen LogP contribution < -0.4 is 4.43 Å². The van der Waals surface area contributed by atoms with E-state index in [1.165, 1.54) is 0 Å². The SMILES string of the molecule is COC(C)O[SiH2]Oc1ccccc1. The monoisotopic (exact) mass is 198 g/mol. The lowest BCUT2D eigenvalue weighted by molar-refractivity contribution is -0.0437. The second kappa shape index (κ2) is 5.74. The van der Waals surface area contributed by atoms with Crippen molar-refractivity contribution in [2.24, 2.45) is 0 Å². The van der Waals surface area contributed by atoms with Crippen molar-refractivity contribution in [3.63, 3.8) is 0 Å². The van der Waals surface area contributed by atoms with Crippen molar-refractivity contribution in [3.8, 4) is 5.75 Å². The van der Waals surface area contributed by atoms with Crippen LogP contribution in [0.3, 0.4) is 0 Å². The smallest absolute Gasteiger partial charge is 0.367 e. The van der Waals surface area contributed by atoms with Gasteiger partial charge in [-0.2, -0.15) is 0 Å². The molecule has 1 atom stereocenters. The topological polar surface area (TPSA) is 27.7 Å². The summed E-state index contributed by atoms with van der Waals surface area (Å²) in [6.45, 7) is 1.85. The molecule has 0 aliphatic carbocycles. The summed E-state index contributed by atoms with van der Waals surface area (Å²) in [7, 11) is 0.642. The quantitative estimate of drug-likeness (QED) is 0.523. The second-order valence-corrected chi connectivity index (χ2v) is 3.40. The van der Waals surface area contributed by atoms with E-state index in [-0.39, 0.29) is 6.29 Å². The molecule has 3 nitrogen and oxygen atoms in total. The van der Waals surface area contributed by atoms with E-state index in [9.17, 15) is 0 Å². The molecule has 0 heterocycles. The first-order valence-electron chi connectivity index (χ1n) is 4.15. The van der Waals surface area contributed by atoms with Crippen molar-refractivity contribution in [1.29, 1.82) is 0 Å². The predicted octanol–water partition coefficient (Wildman–Crippen LogP) is 1.07. The molecular formula is C9H14O3Si. The first-order valence-corrected chi connectivity index (χ1v) is 5.30. The van der Waals surface area contributed by atoms with Crippen molar-refractivity contribution in [2.75, 3.05) is 7.11 Å². The zero-order valence-electron chi connectivity index (χ0n) is 7.90. The second-order valence-electron chi connectivity index (χ2n) is 2.55. The van der Waals surface area contributed by atoms with Gasteiger partial charge in [0.25, 0.3) is 0 Å². The largest absolute Gasteiger partial charge is 0.525 e. The van der Waals surface area contributed by atoms with Crippen LogP contribution in [0.15, 0.2) is 30.3 Å². The van der Waals surface area contributed by atoms with E-state index < -0.39 is 10.0 Å². The number of hydrogen-bond donors (Lipinski definition) is 0. The summed E-state index contributed by atoms with van der Waals surface area (Å²) in [6.07, 6.45) is -0.171. The van der Waals surface area contributed by atoms with Gasteiger partial charge in [-0.25, -0.2) is 0 Å². The molecule has 0 saturated heterocycles. The molecule has 13 heavy (non-hydrogen) atoms. The van der Waals surface area contributed by atoms with E-state index in [1.807, 2.05) is 37.3 Å². The standard InChI is InChI=1S/C9H14O3Si/c1-8(10-2)11-13-12-9-6-4-3-5-7-9/h3-8H,13H2,1-2H3. The fourth-order valence-corrected chi connectivity index (χ4v) is 1.51. The van der Waals surface area contributed by atoms with E-state index in [1.54, 1.807) is 7.11 Å². The Morgan fingerprint density at radius 3 is 2.54 bits per heavy atom. The van der Waals surface area contributed by atoms with Crippen LogP contribution in [-0.4, -0.2) is 23.4 Å². The summed E-state index contributed by atoms with van der Waals surface area (Å²) in [6, 6.07) is 9.64. The maximum atomic E-state index is 5.42. The Labute approximate surface area is 80.7 Å². The maximum absolute atomic E-state index is 5.42. The molecule has 0 radical (unpaired) electrons. The minimum atomic E-state index is -0.970. The number of ether oxygens (including phenoxy) is 1. The summed E-state index contributed by atoms with van der Waals surface area (Å²) < 4.78 is 15.6. The van der Waals surface area contributed by atoms with Crippen LogP contribution in [0.2, 0.25) is 0 Å². The molecule has 0 aliphatic rings. The van der Waals surface area contributed by atoms with Gasteiger partial charge in [-0.1, -0.05) is 18.2 Å². The van der Waals surface area contributed by atoms with Crippen molar-refractivity contribution < 1.29 is 13.6 Å². The minimum Gasteiger partial charge on any atom is -0.525 e. The van der Waals surface area contributed by atoms with Crippen LogP contribution in [0.1, 0.15) is 6.92 Å². The maximum Gasteiger partial charge on any atom is 0.367 e. The van der Waals surface area contributed by atoms with Crippen molar-refractivity contribution in [3.05, 3.63) is 30.3 Å². The zero-order valence-corrected chi connectivity index (χ0v) is 9.31. The first kappa shape index (κ1) is 10.2. The molecule has 1 rings (SSSR count). The molecule has 0 amide bonds. The molecule has 72 valence electrons. The molecule has 0 fully saturated rings. The Morgan fingerprint density at radius 2 is 1.92 bits per heavy atom. The Morgan fingerprint density at radius 1 is 1.23 bits per heavy atom. The van der Waals surface area contributed by atoms with Gasteiger partial charge < -0.3 is 13.6 Å². The van der Waals surface area contributed by atoms with Crippen LogP contribution in [0.4, 0.5) is 0 Å². The normalized spacial score (nSPS) is 13.4. The van der Waals surface area contributed by atoms with Crippen LogP contribution in [0.5, 0.6) is 5.75 Å². The predicted molar refractivity (Wildman–Crippen MR) is 53.2 cm³/mol. The van der Waals surface area contributed by atoms with Crippen LogP contribution in [0.25, 0.3) is 0 Å². The van der Waals surface area contributed by atoms with Gasteiger partial charge in [0.05, 0.1) is 0 Å². The molecule has 0 aromatic heterocycles. The van der Waals surface area contributed by atoms with E-state index >= 15 is 0 Å². The van der Waals surface area contributed by atoms with Crippen molar-refractivity contribution >= 4 is 10.0 Å². The molecule has 1 aromatic carbocycles. The molecule has 0 spiro atoms. The molecule has 1 aromatic rings. The number of rotatable bonds is 5. The van der Waals surface area contributed by atoms with Crippen LogP contribution >= 0.6 is 0 Å². The fourth-order valence-electron chi connectivity index (χ4n) is 0.783. The lowest BCUT2D eigenvalue weighted by Gasteiger charge is -2.11. The van der Waals surface area contributed by atoms with E-state index in [2.05, 4.69) is 0 Å². The fraction of sp³-hybridized carbons (Fsp3) is 0.333. The van der Waals surface area contributed by atoms with Gasteiger partial charge >= 0.3 is 10.0 Å². The van der Waals surface area contributed by atoms with Gasteiger partial charge in [0.1, 0.15) is 12.0 Å². The number of benzene rings is 1. The molecule has 0 bridgehead atoms. The van der Waals surface area contributed by atoms with E-state index in [4.69, 9.17) is 13.6 Å². The highest BCUT2D eigenvalue weighted by Crippen LogP contribution is 2.07. The van der Waals surface area contributed by atoms with Gasteiger partial charge in [0.15, 0.2) is 0 Å². The summed E-state index contributed by atoms with van der Waals surface area (Å²) in [4.78, 5) is 0. The Hall–Kier alpha value is -0.843. The summed E-state index contributed by atoms with van der Waals surface area (Å²) >= 11 is 0. The number of para-hydroxylation sites is 1. The molecule has 1 unspecified atom stereocenters. The van der Waals surface area contributed by atoms with Crippen LogP contribution in [-0.2, 0) is 9.16 Å². The lowest BCUT2D eigenvalue weighted by atomic mass is 10.3. The third-order valence-electron chi connectivity index (χ3n) is 1.60. The van der Waals surface area contributed by atoms with Gasteiger partial charge in [-0.3, -0.25) is 0 Å². The zero-order chi connectivity index (χ0) is 9.52. The van der Waals surface area contributed by atoms with E-state index in [0.29, 0.717) is 0 Å². The van der Waals surface area contributed by atoms with Crippen molar-refractivity contribution in [1.82, 2.24) is 0 Å². The molecular weight excluding hydrogens is 184 g/mol. The Balaban J connectivity index is 2.20. The van der Waals surface area contributed by atoms with Crippen molar-refractivity contribution in [2.45, 2.75) is 13.2 Å². The van der Waals surface area contributed by atoms with Gasteiger partial charge in [-0.05, 0) is 19.1 Å². The summed E-state index contributed by atoms with van der Waals surface area (Å²) in [5.41, 5.74) is 0. The minimum absolute atomic E-state index is 0.171. The highest BCUT2D eigenvalue weighted by atomic mass is 28.3. The highest BCUT2D eigenvalue weighted by molar-refractivity contribution is 6.19. The molecule has 0 saturated carbocycles. The average Bonchev–Trinajstić information content (AvgIpc) is 2.19. The Kier molecular flexibility index (Phi) is 4.52. The molecule has 0 N–H and O–H groups in total. The van der Waals surface area contributed by atoms with Gasteiger partial charge in [0.2, 0.25) is 0 Å². The average molecular weight is 198 g/mol. The summed E-state index contributed by atoms with van der Waals surface area (Å²) in [5, 5.41) is 0. The third kappa shape index (κ3) is 4.07. The number of methoxy groups -OCH3 is 1. The Bertz CT molecular complexity index is 228. The lowest BCUT2D eigenvalue weighted by Crippen LogP contribution is -2.17. The first-order chi connectivity index (χ1) is 6.33. The third-order valence-corrected chi connectivity index (χ3v) is 2.66. The summed E-state index contributed by atoms with van der Waals surface area (Å²) in [5.74, 6) is 0.859. The van der Waals surface area contributed by atoms with Gasteiger partial charge in [-0.15, -0.1) is 0 Å². The van der Waals surface area contributed by atoms with E-state index in [0.717, 1.165) is 5.75 Å². The molecule has 4 heteroatoms. The highest BCUT2D eigenvalue weighted by Gasteiger charge is 1.99. The molecule has 0 aliphatic heterocycles. The van der Waals surface area contributed by atoms with Crippen LogP contribution in [0, 0.1) is 0 Å². The number of hydrogen-bond acceptors (Lipinski definition) is 3.